The summed E-state index contributed by atoms with van der Waals surface area (Å²) in [6, 6.07) is 55.4. The molecule has 5 heterocycles. The van der Waals surface area contributed by atoms with Gasteiger partial charge in [-0.1, -0.05) is 91.0 Å². The molecule has 0 aliphatic heterocycles. The Hall–Kier alpha value is -7.70. The Balaban J connectivity index is 1.11. The van der Waals surface area contributed by atoms with Crippen molar-refractivity contribution in [3.05, 3.63) is 194 Å². The lowest BCUT2D eigenvalue weighted by Gasteiger charge is -2.12. The average Bonchev–Trinajstić information content (AvgIpc) is 3.79. The van der Waals surface area contributed by atoms with E-state index in [1.54, 1.807) is 6.20 Å². The predicted molar refractivity (Wildman–Crippen MR) is 237 cm³/mol. The number of aliphatic imine (C=N–C) groups is 1. The number of allylic oxidation sites excluding steroid dienone is 3. The highest BCUT2D eigenvalue weighted by molar-refractivity contribution is 6.12. The minimum absolute atomic E-state index is 0.687. The van der Waals surface area contributed by atoms with Gasteiger partial charge in [0.1, 0.15) is 5.65 Å². The van der Waals surface area contributed by atoms with Gasteiger partial charge in [0.05, 0.1) is 39.3 Å². The van der Waals surface area contributed by atoms with E-state index in [1.165, 1.54) is 21.8 Å². The van der Waals surface area contributed by atoms with Crippen LogP contribution in [0, 0.1) is 0 Å². The maximum absolute atomic E-state index is 5.21. The lowest BCUT2D eigenvalue weighted by molar-refractivity contribution is 1.14. The number of nitrogens with zero attached hydrogens (tertiary/aromatic N) is 6. The van der Waals surface area contributed by atoms with Gasteiger partial charge in [0, 0.05) is 50.9 Å². The molecule has 0 saturated heterocycles. The molecular weight excluding hydrogens is 697 g/mol. The van der Waals surface area contributed by atoms with Gasteiger partial charge in [-0.15, -0.1) is 0 Å². The van der Waals surface area contributed by atoms with E-state index in [2.05, 4.69) is 165 Å². The Labute approximate surface area is 330 Å². The molecule has 0 spiro atoms. The van der Waals surface area contributed by atoms with E-state index < -0.39 is 0 Å². The second kappa shape index (κ2) is 14.2. The number of benzene rings is 5. The molecule has 6 heteroatoms. The third kappa shape index (κ3) is 5.92. The van der Waals surface area contributed by atoms with Crippen LogP contribution in [0.1, 0.15) is 12.6 Å². The SMILES string of the molecule is C=N/C(=C\C=C/C)c1cc(-c2cccc(-n3c4ccccc4c4cc(-c5ccc6c(c5)c5ccccc5n6-c5ccccc5)cnc43)c2)cc(-c2ccccn2)n1. The molecule has 0 unspecified atom stereocenters. The zero-order valence-corrected chi connectivity index (χ0v) is 31.3. The van der Waals surface area contributed by atoms with Gasteiger partial charge >= 0.3 is 0 Å². The normalized spacial score (nSPS) is 12.1. The van der Waals surface area contributed by atoms with Gasteiger partial charge in [-0.05, 0) is 115 Å². The van der Waals surface area contributed by atoms with Gasteiger partial charge in [0.2, 0.25) is 0 Å². The summed E-state index contributed by atoms with van der Waals surface area (Å²) in [5.41, 5.74) is 13.7. The first-order valence-corrected chi connectivity index (χ1v) is 19.0. The molecule has 0 atom stereocenters. The largest absolute Gasteiger partial charge is 0.309 e. The fourth-order valence-electron chi connectivity index (χ4n) is 7.98. The van der Waals surface area contributed by atoms with Crippen molar-refractivity contribution in [1.29, 1.82) is 0 Å². The molecule has 57 heavy (non-hydrogen) atoms. The molecule has 5 aromatic carbocycles. The number of fused-ring (bicyclic) bond motifs is 6. The van der Waals surface area contributed by atoms with Gasteiger partial charge in [0.15, 0.2) is 0 Å². The number of hydrogen-bond acceptors (Lipinski definition) is 4. The van der Waals surface area contributed by atoms with Crippen LogP contribution in [-0.2, 0) is 0 Å². The molecule has 0 radical (unpaired) electrons. The minimum Gasteiger partial charge on any atom is -0.309 e. The monoisotopic (exact) mass is 732 g/mol. The van der Waals surface area contributed by atoms with Crippen molar-refractivity contribution in [1.82, 2.24) is 24.1 Å². The molecule has 0 amide bonds. The first-order valence-electron chi connectivity index (χ1n) is 19.0. The average molecular weight is 733 g/mol. The lowest BCUT2D eigenvalue weighted by atomic mass is 10.0. The molecule has 0 bridgehead atoms. The number of pyridine rings is 3. The van der Waals surface area contributed by atoms with E-state index in [0.717, 1.165) is 72.6 Å². The fourth-order valence-corrected chi connectivity index (χ4v) is 7.98. The summed E-state index contributed by atoms with van der Waals surface area (Å²) < 4.78 is 4.61. The summed E-state index contributed by atoms with van der Waals surface area (Å²) in [6.45, 7) is 5.82. The van der Waals surface area contributed by atoms with Gasteiger partial charge in [0.25, 0.3) is 0 Å². The van der Waals surface area contributed by atoms with Crippen LogP contribution in [0.25, 0.3) is 94.5 Å². The molecule has 270 valence electrons. The summed E-state index contributed by atoms with van der Waals surface area (Å²) in [7, 11) is 0. The highest BCUT2D eigenvalue weighted by Crippen LogP contribution is 2.38. The molecule has 0 fully saturated rings. The molecule has 0 N–H and O–H groups in total. The Morgan fingerprint density at radius 3 is 2.04 bits per heavy atom. The van der Waals surface area contributed by atoms with Gasteiger partial charge in [-0.3, -0.25) is 14.5 Å². The third-order valence-corrected chi connectivity index (χ3v) is 10.6. The summed E-state index contributed by atoms with van der Waals surface area (Å²) in [4.78, 5) is 19.1. The highest BCUT2D eigenvalue weighted by atomic mass is 15.0. The summed E-state index contributed by atoms with van der Waals surface area (Å²) in [5, 5.41) is 4.68. The first-order chi connectivity index (χ1) is 28.2. The van der Waals surface area contributed by atoms with Gasteiger partial charge < -0.3 is 4.57 Å². The van der Waals surface area contributed by atoms with Crippen molar-refractivity contribution in [3.63, 3.8) is 0 Å². The van der Waals surface area contributed by atoms with Crippen LogP contribution in [0.4, 0.5) is 0 Å². The van der Waals surface area contributed by atoms with Crippen LogP contribution in [0.2, 0.25) is 0 Å². The van der Waals surface area contributed by atoms with Gasteiger partial charge in [-0.25, -0.2) is 9.97 Å². The second-order valence-electron chi connectivity index (χ2n) is 14.0. The Morgan fingerprint density at radius 2 is 1.25 bits per heavy atom. The first kappa shape index (κ1) is 33.8. The standard InChI is InChI=1S/C51H36N6/c1-3-4-21-44(52-2)46-31-36(32-47(55-46)45-22-12-13-27-53-45)34-15-14-18-39(28-34)57-49-24-11-9-20-41(49)43-30-37(33-54-51(43)57)35-25-26-50-42(29-35)40-19-8-10-23-48(40)56(50)38-16-6-5-7-17-38/h3-33H,2H2,1H3/b4-3-,44-21-. The Bertz CT molecular complexity index is 3210. The molecule has 6 nitrogen and oxygen atoms in total. The maximum Gasteiger partial charge on any atom is 0.145 e. The lowest BCUT2D eigenvalue weighted by Crippen LogP contribution is -1.97. The third-order valence-electron chi connectivity index (χ3n) is 10.6. The van der Waals surface area contributed by atoms with Gasteiger partial charge in [-0.2, -0.15) is 0 Å². The van der Waals surface area contributed by atoms with E-state index >= 15 is 0 Å². The summed E-state index contributed by atoms with van der Waals surface area (Å²) in [5.74, 6) is 0. The Morgan fingerprint density at radius 1 is 0.544 bits per heavy atom. The van der Waals surface area contributed by atoms with E-state index in [9.17, 15) is 0 Å². The van der Waals surface area contributed by atoms with Crippen LogP contribution in [0.3, 0.4) is 0 Å². The van der Waals surface area contributed by atoms with Crippen LogP contribution in [0.15, 0.2) is 193 Å². The van der Waals surface area contributed by atoms with Crippen LogP contribution >= 0.6 is 0 Å². The van der Waals surface area contributed by atoms with Crippen molar-refractivity contribution in [3.8, 4) is 45.0 Å². The van der Waals surface area contributed by atoms with Crippen LogP contribution in [-0.4, -0.2) is 30.8 Å². The van der Waals surface area contributed by atoms with Crippen LogP contribution in [0.5, 0.6) is 0 Å². The number of hydrogen-bond donors (Lipinski definition) is 0. The van der Waals surface area contributed by atoms with Crippen LogP contribution < -0.4 is 0 Å². The number of aromatic nitrogens is 5. The van der Waals surface area contributed by atoms with Crippen molar-refractivity contribution in [2.24, 2.45) is 4.99 Å². The second-order valence-corrected chi connectivity index (χ2v) is 14.0. The smallest absolute Gasteiger partial charge is 0.145 e. The van der Waals surface area contributed by atoms with E-state index in [0.29, 0.717) is 5.70 Å². The highest BCUT2D eigenvalue weighted by Gasteiger charge is 2.18. The van der Waals surface area contributed by atoms with E-state index in [1.807, 2.05) is 49.5 Å². The van der Waals surface area contributed by atoms with Crippen molar-refractivity contribution in [2.75, 3.05) is 0 Å². The van der Waals surface area contributed by atoms with E-state index in [4.69, 9.17) is 9.97 Å². The Kier molecular flexibility index (Phi) is 8.42. The zero-order valence-electron chi connectivity index (χ0n) is 31.3. The predicted octanol–water partition coefficient (Wildman–Crippen LogP) is 12.7. The molecular formula is C51H36N6. The van der Waals surface area contributed by atoms with E-state index in [-0.39, 0.29) is 0 Å². The minimum atomic E-state index is 0.687. The maximum atomic E-state index is 5.21. The molecule has 5 aromatic heterocycles. The van der Waals surface area contributed by atoms with Crippen molar-refractivity contribution in [2.45, 2.75) is 6.92 Å². The molecule has 10 rings (SSSR count). The number of para-hydroxylation sites is 3. The van der Waals surface area contributed by atoms with Crippen molar-refractivity contribution >= 4 is 56.2 Å². The van der Waals surface area contributed by atoms with Crippen molar-refractivity contribution < 1.29 is 0 Å². The summed E-state index contributed by atoms with van der Waals surface area (Å²) >= 11 is 0. The molecule has 0 aliphatic rings. The molecule has 0 aliphatic carbocycles. The number of rotatable bonds is 8. The molecule has 0 saturated carbocycles. The zero-order chi connectivity index (χ0) is 38.3. The molecule has 10 aromatic rings. The fraction of sp³-hybridized carbons (Fsp3) is 0.0196. The quantitative estimate of drug-likeness (QED) is 0.115. The summed E-state index contributed by atoms with van der Waals surface area (Å²) in [6.07, 6.45) is 9.63. The topological polar surface area (TPSA) is 60.9 Å².